The maximum absolute atomic E-state index is 12.4. The fourth-order valence-corrected chi connectivity index (χ4v) is 3.31. The number of nitrogens with one attached hydrogen (secondary N) is 2. The fourth-order valence-electron chi connectivity index (χ4n) is 3.31. The van der Waals surface area contributed by atoms with E-state index in [2.05, 4.69) is 47.8 Å². The third kappa shape index (κ3) is 7.00. The largest absolute Gasteiger partial charge is 0.354 e. The predicted molar refractivity (Wildman–Crippen MR) is 105 cm³/mol. The first-order chi connectivity index (χ1) is 12.1. The van der Waals surface area contributed by atoms with Crippen molar-refractivity contribution in [3.63, 3.8) is 0 Å². The molecule has 0 saturated heterocycles. The van der Waals surface area contributed by atoms with Crippen LogP contribution in [0.4, 0.5) is 0 Å². The van der Waals surface area contributed by atoms with Gasteiger partial charge in [-0.2, -0.15) is 0 Å². The van der Waals surface area contributed by atoms with Gasteiger partial charge in [-0.05, 0) is 58.7 Å². The number of carbonyl (C=O) groups is 1. The number of likely N-dealkylation sites (N-methyl/N-ethyl adjacent to an activating group) is 1. The van der Waals surface area contributed by atoms with E-state index in [4.69, 9.17) is 0 Å². The Morgan fingerprint density at radius 3 is 2.60 bits per heavy atom. The number of benzene rings is 1. The molecule has 1 amide bonds. The molecule has 0 saturated carbocycles. The molecular weight excluding hydrogens is 310 g/mol. The van der Waals surface area contributed by atoms with E-state index >= 15 is 0 Å². The normalized spacial score (nSPS) is 17.0. The Hall–Kier alpha value is -1.65. The summed E-state index contributed by atoms with van der Waals surface area (Å²) < 4.78 is 0. The Morgan fingerprint density at radius 1 is 1.20 bits per heavy atom. The summed E-state index contributed by atoms with van der Waals surface area (Å²) in [5.74, 6) is 0.0797. The van der Waals surface area contributed by atoms with Crippen LogP contribution in [0.25, 0.3) is 0 Å². The third-order valence-corrected chi connectivity index (χ3v) is 4.72. The molecule has 0 bridgehead atoms. The van der Waals surface area contributed by atoms with Gasteiger partial charge in [0, 0.05) is 19.1 Å². The number of amides is 1. The van der Waals surface area contributed by atoms with Gasteiger partial charge in [0.1, 0.15) is 0 Å². The van der Waals surface area contributed by atoms with Crippen LogP contribution >= 0.6 is 0 Å². The second kappa shape index (κ2) is 10.4. The molecule has 0 heterocycles. The van der Waals surface area contributed by atoms with Crippen molar-refractivity contribution in [1.29, 1.82) is 0 Å². The summed E-state index contributed by atoms with van der Waals surface area (Å²) in [6, 6.07) is 10.3. The summed E-state index contributed by atoms with van der Waals surface area (Å²) in [5, 5.41) is 6.57. The quantitative estimate of drug-likeness (QED) is 0.676. The molecule has 0 spiro atoms. The summed E-state index contributed by atoms with van der Waals surface area (Å²) in [5.41, 5.74) is 2.71. The highest BCUT2D eigenvalue weighted by molar-refractivity contribution is 5.81. The van der Waals surface area contributed by atoms with Crippen molar-refractivity contribution in [3.05, 3.63) is 47.5 Å². The highest BCUT2D eigenvalue weighted by atomic mass is 16.2. The summed E-state index contributed by atoms with van der Waals surface area (Å²) in [4.78, 5) is 14.6. The molecule has 0 aromatic heterocycles. The average molecular weight is 344 g/mol. The van der Waals surface area contributed by atoms with Gasteiger partial charge in [-0.15, -0.1) is 0 Å². The summed E-state index contributed by atoms with van der Waals surface area (Å²) in [7, 11) is 4.11. The zero-order chi connectivity index (χ0) is 18.1. The zero-order valence-electron chi connectivity index (χ0n) is 15.9. The lowest BCUT2D eigenvalue weighted by atomic mass is 9.97. The fraction of sp³-hybridized carbons (Fsp3) is 0.571. The maximum Gasteiger partial charge on any atom is 0.236 e. The highest BCUT2D eigenvalue weighted by Gasteiger charge is 2.19. The minimum Gasteiger partial charge on any atom is -0.354 e. The molecule has 2 unspecified atom stereocenters. The Kier molecular flexibility index (Phi) is 8.16. The van der Waals surface area contributed by atoms with Crippen molar-refractivity contribution < 1.29 is 4.79 Å². The van der Waals surface area contributed by atoms with E-state index in [1.165, 1.54) is 36.8 Å². The highest BCUT2D eigenvalue weighted by Crippen LogP contribution is 2.19. The lowest BCUT2D eigenvalue weighted by Gasteiger charge is -2.26. The van der Waals surface area contributed by atoms with E-state index in [9.17, 15) is 4.79 Å². The number of hydrogen-bond acceptors (Lipinski definition) is 3. The van der Waals surface area contributed by atoms with Gasteiger partial charge < -0.3 is 10.2 Å². The SMILES string of the molecule is CC(NC(CN(C)C)c1ccccc1)C(=O)NCCC1=CCCCC1. The Balaban J connectivity index is 1.83. The van der Waals surface area contributed by atoms with Crippen LogP contribution in [-0.2, 0) is 4.79 Å². The first-order valence-electron chi connectivity index (χ1n) is 9.47. The van der Waals surface area contributed by atoms with Crippen LogP contribution in [-0.4, -0.2) is 44.0 Å². The molecule has 2 rings (SSSR count). The molecule has 1 aromatic rings. The molecule has 4 heteroatoms. The number of rotatable bonds is 9. The van der Waals surface area contributed by atoms with E-state index < -0.39 is 0 Å². The molecule has 1 aromatic carbocycles. The van der Waals surface area contributed by atoms with E-state index in [0.717, 1.165) is 19.5 Å². The van der Waals surface area contributed by atoms with Crippen LogP contribution in [0.2, 0.25) is 0 Å². The Bertz CT molecular complexity index is 554. The first-order valence-corrected chi connectivity index (χ1v) is 9.47. The number of carbonyl (C=O) groups excluding carboxylic acids is 1. The van der Waals surface area contributed by atoms with Gasteiger partial charge >= 0.3 is 0 Å². The van der Waals surface area contributed by atoms with Crippen LogP contribution in [0.3, 0.4) is 0 Å². The molecule has 25 heavy (non-hydrogen) atoms. The molecule has 1 aliphatic rings. The van der Waals surface area contributed by atoms with Crippen LogP contribution in [0.1, 0.15) is 50.6 Å². The standard InChI is InChI=1S/C21H33N3O/c1-17(21(25)22-15-14-18-10-6-4-7-11-18)23-20(16-24(2)3)19-12-8-5-9-13-19/h5,8-10,12-13,17,20,23H,4,6-7,11,14-16H2,1-3H3,(H,22,25). The van der Waals surface area contributed by atoms with Gasteiger partial charge in [0.25, 0.3) is 0 Å². The van der Waals surface area contributed by atoms with E-state index in [-0.39, 0.29) is 18.0 Å². The minimum absolute atomic E-state index is 0.0797. The van der Waals surface area contributed by atoms with Crippen LogP contribution in [0, 0.1) is 0 Å². The molecule has 138 valence electrons. The van der Waals surface area contributed by atoms with Crippen LogP contribution in [0.15, 0.2) is 42.0 Å². The Morgan fingerprint density at radius 2 is 1.96 bits per heavy atom. The maximum atomic E-state index is 12.4. The second-order valence-electron chi connectivity index (χ2n) is 7.26. The predicted octanol–water partition coefficient (Wildman–Crippen LogP) is 3.27. The molecule has 2 N–H and O–H groups in total. The van der Waals surface area contributed by atoms with E-state index in [1.807, 2.05) is 25.1 Å². The van der Waals surface area contributed by atoms with Crippen LogP contribution < -0.4 is 10.6 Å². The zero-order valence-corrected chi connectivity index (χ0v) is 15.9. The summed E-state index contributed by atoms with van der Waals surface area (Å²) >= 11 is 0. The minimum atomic E-state index is -0.217. The van der Waals surface area contributed by atoms with Crippen molar-refractivity contribution in [2.45, 2.75) is 51.1 Å². The van der Waals surface area contributed by atoms with Crippen molar-refractivity contribution in [3.8, 4) is 0 Å². The molecule has 2 atom stereocenters. The lowest BCUT2D eigenvalue weighted by Crippen LogP contribution is -2.46. The van der Waals surface area contributed by atoms with Gasteiger partial charge in [-0.3, -0.25) is 10.1 Å². The number of nitrogens with zero attached hydrogens (tertiary/aromatic N) is 1. The smallest absolute Gasteiger partial charge is 0.236 e. The molecule has 4 nitrogen and oxygen atoms in total. The van der Waals surface area contributed by atoms with Crippen molar-refractivity contribution in [2.24, 2.45) is 0 Å². The first kappa shape index (κ1) is 19.7. The molecule has 0 fully saturated rings. The number of allylic oxidation sites excluding steroid dienone is 1. The molecular formula is C21H33N3O. The van der Waals surface area contributed by atoms with Crippen molar-refractivity contribution >= 4 is 5.91 Å². The van der Waals surface area contributed by atoms with Crippen molar-refractivity contribution in [1.82, 2.24) is 15.5 Å². The van der Waals surface area contributed by atoms with E-state index in [0.29, 0.717) is 0 Å². The van der Waals surface area contributed by atoms with Gasteiger partial charge in [-0.1, -0.05) is 42.0 Å². The second-order valence-corrected chi connectivity index (χ2v) is 7.26. The number of hydrogen-bond donors (Lipinski definition) is 2. The molecule has 1 aliphatic carbocycles. The van der Waals surface area contributed by atoms with E-state index in [1.54, 1.807) is 0 Å². The van der Waals surface area contributed by atoms with Gasteiger partial charge in [-0.25, -0.2) is 0 Å². The third-order valence-electron chi connectivity index (χ3n) is 4.72. The summed E-state index contributed by atoms with van der Waals surface area (Å²) in [6.45, 7) is 3.54. The molecule has 0 radical (unpaired) electrons. The topological polar surface area (TPSA) is 44.4 Å². The summed E-state index contributed by atoms with van der Waals surface area (Å²) in [6.07, 6.45) is 8.33. The van der Waals surface area contributed by atoms with Gasteiger partial charge in [0.2, 0.25) is 5.91 Å². The molecule has 0 aliphatic heterocycles. The van der Waals surface area contributed by atoms with Crippen LogP contribution in [0.5, 0.6) is 0 Å². The van der Waals surface area contributed by atoms with Crippen molar-refractivity contribution in [2.75, 3.05) is 27.2 Å². The average Bonchev–Trinajstić information content (AvgIpc) is 2.62. The van der Waals surface area contributed by atoms with Gasteiger partial charge in [0.05, 0.1) is 6.04 Å². The van der Waals surface area contributed by atoms with Gasteiger partial charge in [0.15, 0.2) is 0 Å². The lowest BCUT2D eigenvalue weighted by molar-refractivity contribution is -0.122. The Labute approximate surface area is 152 Å². The monoisotopic (exact) mass is 343 g/mol.